The monoisotopic (exact) mass is 240 g/mol. The first-order valence-electron chi connectivity index (χ1n) is 5.37. The van der Waals surface area contributed by atoms with Crippen molar-refractivity contribution in [1.82, 2.24) is 10.6 Å². The summed E-state index contributed by atoms with van der Waals surface area (Å²) < 4.78 is 4.99. The molecular formula is C11H16N2O4. The third-order valence-electron chi connectivity index (χ3n) is 2.16. The first-order chi connectivity index (χ1) is 8.13. The van der Waals surface area contributed by atoms with E-state index in [1.54, 1.807) is 0 Å². The molecule has 0 aliphatic rings. The van der Waals surface area contributed by atoms with Crippen LogP contribution in [0.25, 0.3) is 0 Å². The summed E-state index contributed by atoms with van der Waals surface area (Å²) in [7, 11) is 1.83. The van der Waals surface area contributed by atoms with Gasteiger partial charge in [0.2, 0.25) is 11.7 Å². The van der Waals surface area contributed by atoms with Crippen molar-refractivity contribution < 1.29 is 19.1 Å². The number of carboxylic acids is 1. The third-order valence-corrected chi connectivity index (χ3v) is 2.16. The Morgan fingerprint density at radius 1 is 1.41 bits per heavy atom. The summed E-state index contributed by atoms with van der Waals surface area (Å²) in [4.78, 5) is 21.9. The molecule has 1 aromatic heterocycles. The molecule has 17 heavy (non-hydrogen) atoms. The minimum absolute atomic E-state index is 0.0754. The molecule has 0 atom stereocenters. The van der Waals surface area contributed by atoms with E-state index in [-0.39, 0.29) is 18.2 Å². The first kappa shape index (κ1) is 13.2. The molecular weight excluding hydrogens is 224 g/mol. The maximum Gasteiger partial charge on any atom is 0.371 e. The molecule has 6 heteroatoms. The highest BCUT2D eigenvalue weighted by Gasteiger charge is 2.09. The average Bonchev–Trinajstić information content (AvgIpc) is 2.75. The van der Waals surface area contributed by atoms with Gasteiger partial charge in [-0.2, -0.15) is 0 Å². The number of furan rings is 1. The Balaban J connectivity index is 2.29. The zero-order valence-corrected chi connectivity index (χ0v) is 9.66. The summed E-state index contributed by atoms with van der Waals surface area (Å²) in [6.45, 7) is 1.00. The molecule has 0 bridgehead atoms. The van der Waals surface area contributed by atoms with Gasteiger partial charge in [-0.3, -0.25) is 4.79 Å². The molecule has 0 saturated heterocycles. The van der Waals surface area contributed by atoms with Crippen molar-refractivity contribution in [1.29, 1.82) is 0 Å². The largest absolute Gasteiger partial charge is 0.475 e. The Bertz CT molecular complexity index is 387. The second kappa shape index (κ2) is 6.70. The van der Waals surface area contributed by atoms with Crippen molar-refractivity contribution in [2.45, 2.75) is 19.4 Å². The number of carboxylic acid groups (broad SMARTS) is 1. The quantitative estimate of drug-likeness (QED) is 0.607. The maximum atomic E-state index is 11.3. The summed E-state index contributed by atoms with van der Waals surface area (Å²) in [6, 6.07) is 2.90. The summed E-state index contributed by atoms with van der Waals surface area (Å²) in [6.07, 6.45) is 1.20. The van der Waals surface area contributed by atoms with Crippen LogP contribution in [-0.4, -0.2) is 30.6 Å². The fraction of sp³-hybridized carbons (Fsp3) is 0.455. The van der Waals surface area contributed by atoms with Crippen LogP contribution in [0.1, 0.15) is 29.2 Å². The highest BCUT2D eigenvalue weighted by Crippen LogP contribution is 2.07. The molecule has 1 aromatic rings. The Morgan fingerprint density at radius 3 is 2.76 bits per heavy atom. The second-order valence-electron chi connectivity index (χ2n) is 3.55. The van der Waals surface area contributed by atoms with Crippen LogP contribution in [-0.2, 0) is 11.3 Å². The maximum absolute atomic E-state index is 11.3. The lowest BCUT2D eigenvalue weighted by Gasteiger charge is -2.02. The van der Waals surface area contributed by atoms with Gasteiger partial charge in [-0.05, 0) is 32.1 Å². The van der Waals surface area contributed by atoms with Crippen LogP contribution >= 0.6 is 0 Å². The molecule has 94 valence electrons. The predicted molar refractivity (Wildman–Crippen MR) is 60.7 cm³/mol. The van der Waals surface area contributed by atoms with Crippen LogP contribution in [0.3, 0.4) is 0 Å². The van der Waals surface area contributed by atoms with Gasteiger partial charge in [0.1, 0.15) is 5.76 Å². The molecule has 6 nitrogen and oxygen atoms in total. The highest BCUT2D eigenvalue weighted by atomic mass is 16.4. The molecule has 0 unspecified atom stereocenters. The Labute approximate surface area is 99.0 Å². The van der Waals surface area contributed by atoms with Gasteiger partial charge in [0.05, 0.1) is 6.54 Å². The lowest BCUT2D eigenvalue weighted by Crippen LogP contribution is -2.23. The fourth-order valence-electron chi connectivity index (χ4n) is 1.29. The average molecular weight is 240 g/mol. The molecule has 0 aliphatic heterocycles. The Morgan fingerprint density at radius 2 is 2.18 bits per heavy atom. The van der Waals surface area contributed by atoms with Crippen molar-refractivity contribution in [2.24, 2.45) is 0 Å². The minimum atomic E-state index is -1.11. The predicted octanol–water partition coefficient (Wildman–Crippen LogP) is 0.594. The second-order valence-corrected chi connectivity index (χ2v) is 3.55. The molecule has 1 heterocycles. The third kappa shape index (κ3) is 4.69. The standard InChI is InChI=1S/C11H16N2O4/c1-12-6-2-3-10(14)13-7-8-4-5-9(17-8)11(15)16/h4-5,12H,2-3,6-7H2,1H3,(H,13,14)(H,15,16). The number of hydrogen-bond acceptors (Lipinski definition) is 4. The molecule has 0 aromatic carbocycles. The van der Waals surface area contributed by atoms with Gasteiger partial charge in [0.25, 0.3) is 0 Å². The van der Waals surface area contributed by atoms with Crippen LogP contribution < -0.4 is 10.6 Å². The van der Waals surface area contributed by atoms with E-state index in [2.05, 4.69) is 10.6 Å². The topological polar surface area (TPSA) is 91.6 Å². The van der Waals surface area contributed by atoms with Crippen molar-refractivity contribution in [3.63, 3.8) is 0 Å². The molecule has 0 radical (unpaired) electrons. The molecule has 1 amide bonds. The number of rotatable bonds is 7. The van der Waals surface area contributed by atoms with Crippen LogP contribution in [0.5, 0.6) is 0 Å². The van der Waals surface area contributed by atoms with E-state index in [1.165, 1.54) is 12.1 Å². The van der Waals surface area contributed by atoms with Gasteiger partial charge in [-0.25, -0.2) is 4.79 Å². The van der Waals surface area contributed by atoms with Gasteiger partial charge in [0, 0.05) is 6.42 Å². The first-order valence-corrected chi connectivity index (χ1v) is 5.37. The van der Waals surface area contributed by atoms with Crippen LogP contribution in [0.4, 0.5) is 0 Å². The Hall–Kier alpha value is -1.82. The highest BCUT2D eigenvalue weighted by molar-refractivity contribution is 5.84. The minimum Gasteiger partial charge on any atom is -0.475 e. The molecule has 0 fully saturated rings. The van der Waals surface area contributed by atoms with E-state index >= 15 is 0 Å². The number of carbonyl (C=O) groups is 2. The van der Waals surface area contributed by atoms with E-state index in [0.29, 0.717) is 12.2 Å². The van der Waals surface area contributed by atoms with Gasteiger partial charge in [-0.15, -0.1) is 0 Å². The van der Waals surface area contributed by atoms with E-state index in [4.69, 9.17) is 9.52 Å². The van der Waals surface area contributed by atoms with Gasteiger partial charge in [0.15, 0.2) is 0 Å². The summed E-state index contributed by atoms with van der Waals surface area (Å²) in [5.74, 6) is -0.876. The normalized spacial score (nSPS) is 10.2. The zero-order valence-electron chi connectivity index (χ0n) is 9.66. The van der Waals surface area contributed by atoms with Crippen LogP contribution in [0.15, 0.2) is 16.5 Å². The molecule has 0 spiro atoms. The fourth-order valence-corrected chi connectivity index (χ4v) is 1.29. The number of amides is 1. The van der Waals surface area contributed by atoms with Gasteiger partial charge < -0.3 is 20.2 Å². The SMILES string of the molecule is CNCCCC(=O)NCc1ccc(C(=O)O)o1. The number of hydrogen-bond donors (Lipinski definition) is 3. The van der Waals surface area contributed by atoms with E-state index < -0.39 is 5.97 Å². The van der Waals surface area contributed by atoms with E-state index in [9.17, 15) is 9.59 Å². The molecule has 0 saturated carbocycles. The number of carbonyl (C=O) groups excluding carboxylic acids is 1. The van der Waals surface area contributed by atoms with Crippen molar-refractivity contribution in [3.8, 4) is 0 Å². The van der Waals surface area contributed by atoms with Crippen molar-refractivity contribution in [3.05, 3.63) is 23.7 Å². The van der Waals surface area contributed by atoms with E-state index in [1.807, 2.05) is 7.05 Å². The van der Waals surface area contributed by atoms with Crippen LogP contribution in [0.2, 0.25) is 0 Å². The summed E-state index contributed by atoms with van der Waals surface area (Å²) in [5.41, 5.74) is 0. The summed E-state index contributed by atoms with van der Waals surface area (Å²) in [5, 5.41) is 14.2. The van der Waals surface area contributed by atoms with Gasteiger partial charge in [-0.1, -0.05) is 0 Å². The van der Waals surface area contributed by atoms with Crippen LogP contribution in [0, 0.1) is 0 Å². The summed E-state index contributed by atoms with van der Waals surface area (Å²) >= 11 is 0. The smallest absolute Gasteiger partial charge is 0.371 e. The van der Waals surface area contributed by atoms with Gasteiger partial charge >= 0.3 is 5.97 Å². The van der Waals surface area contributed by atoms with Crippen molar-refractivity contribution >= 4 is 11.9 Å². The molecule has 1 rings (SSSR count). The van der Waals surface area contributed by atoms with Crippen molar-refractivity contribution in [2.75, 3.05) is 13.6 Å². The number of aromatic carboxylic acids is 1. The lowest BCUT2D eigenvalue weighted by atomic mass is 10.3. The molecule has 3 N–H and O–H groups in total. The number of nitrogens with one attached hydrogen (secondary N) is 2. The van der Waals surface area contributed by atoms with E-state index in [0.717, 1.165) is 13.0 Å². The zero-order chi connectivity index (χ0) is 12.7. The Kier molecular flexibility index (Phi) is 5.22. The lowest BCUT2D eigenvalue weighted by molar-refractivity contribution is -0.121. The molecule has 0 aliphatic carbocycles.